The van der Waals surface area contributed by atoms with E-state index in [1.807, 2.05) is 43.3 Å². The maximum absolute atomic E-state index is 12.8. The maximum Gasteiger partial charge on any atom is 0.339 e. The molecule has 0 spiro atoms. The standard InChI is InChI=1S/C24H26O4.C4H6O2/c1-4-6-10-19(15-16-20(17(3)25)22(26)5-2)24(27)28-23-14-9-12-18-11-7-8-13-21(18)23;1-3(2)4(5)6/h5,7-9,11-15,20H,2,4,6,10,16H2,1,3H3;1H2,2H3,(H,5,6). The minimum atomic E-state index is -0.935. The first-order chi connectivity index (χ1) is 16.1. The van der Waals surface area contributed by atoms with Gasteiger partial charge in [-0.1, -0.05) is 69.0 Å². The van der Waals surface area contributed by atoms with E-state index >= 15 is 0 Å². The van der Waals surface area contributed by atoms with Crippen molar-refractivity contribution in [3.63, 3.8) is 0 Å². The van der Waals surface area contributed by atoms with Crippen LogP contribution in [0.1, 0.15) is 46.5 Å². The number of allylic oxidation sites excluding steroid dienone is 2. The summed E-state index contributed by atoms with van der Waals surface area (Å²) in [4.78, 5) is 46.1. The Kier molecular flexibility index (Phi) is 11.9. The maximum atomic E-state index is 12.8. The van der Waals surface area contributed by atoms with Gasteiger partial charge in [0.25, 0.3) is 0 Å². The summed E-state index contributed by atoms with van der Waals surface area (Å²) in [5, 5.41) is 9.74. The van der Waals surface area contributed by atoms with Gasteiger partial charge in [-0.05, 0) is 50.6 Å². The van der Waals surface area contributed by atoms with Gasteiger partial charge in [-0.3, -0.25) is 9.59 Å². The summed E-state index contributed by atoms with van der Waals surface area (Å²) in [6, 6.07) is 13.2. The number of rotatable bonds is 11. The van der Waals surface area contributed by atoms with E-state index < -0.39 is 17.9 Å². The number of esters is 1. The second kappa shape index (κ2) is 14.4. The van der Waals surface area contributed by atoms with Crippen LogP contribution in [0.15, 0.2) is 78.9 Å². The molecule has 0 radical (unpaired) electrons. The molecular weight excluding hydrogens is 432 g/mol. The van der Waals surface area contributed by atoms with E-state index in [2.05, 4.69) is 13.2 Å². The number of carboxylic acids is 1. The Balaban J connectivity index is 0.000000852. The fourth-order valence-corrected chi connectivity index (χ4v) is 2.99. The van der Waals surface area contributed by atoms with E-state index in [1.54, 1.807) is 12.1 Å². The lowest BCUT2D eigenvalue weighted by molar-refractivity contribution is -0.133. The number of unbranched alkanes of at least 4 members (excludes halogenated alkanes) is 1. The molecule has 1 N–H and O–H groups in total. The summed E-state index contributed by atoms with van der Waals surface area (Å²) >= 11 is 0. The summed E-state index contributed by atoms with van der Waals surface area (Å²) in [5.74, 6) is -2.26. The second-order valence-electron chi connectivity index (χ2n) is 7.79. The molecule has 0 bridgehead atoms. The van der Waals surface area contributed by atoms with Crippen LogP contribution in [0.5, 0.6) is 5.75 Å². The number of carbonyl (C=O) groups excluding carboxylic acids is 3. The number of ether oxygens (including phenoxy) is 1. The summed E-state index contributed by atoms with van der Waals surface area (Å²) in [6.07, 6.45) is 5.25. The van der Waals surface area contributed by atoms with Crippen LogP contribution < -0.4 is 4.74 Å². The number of hydrogen-bond acceptors (Lipinski definition) is 5. The highest BCUT2D eigenvalue weighted by molar-refractivity contribution is 6.06. The van der Waals surface area contributed by atoms with Crippen molar-refractivity contribution in [3.05, 3.63) is 78.9 Å². The number of benzene rings is 2. The Bertz CT molecular complexity index is 1080. The molecule has 6 heteroatoms. The average molecular weight is 465 g/mol. The molecule has 0 aliphatic heterocycles. The lowest BCUT2D eigenvalue weighted by Crippen LogP contribution is -2.20. The first-order valence-electron chi connectivity index (χ1n) is 11.1. The van der Waals surface area contributed by atoms with Gasteiger partial charge in [0.1, 0.15) is 11.5 Å². The van der Waals surface area contributed by atoms with Crippen molar-refractivity contribution in [1.82, 2.24) is 0 Å². The van der Waals surface area contributed by atoms with E-state index in [9.17, 15) is 19.2 Å². The quantitative estimate of drug-likeness (QED) is 0.194. The lowest BCUT2D eigenvalue weighted by atomic mass is 9.94. The van der Waals surface area contributed by atoms with Crippen molar-refractivity contribution in [1.29, 1.82) is 0 Å². The third kappa shape index (κ3) is 8.98. The van der Waals surface area contributed by atoms with Crippen molar-refractivity contribution in [2.75, 3.05) is 0 Å². The third-order valence-electron chi connectivity index (χ3n) is 5.01. The fraction of sp³-hybridized carbons (Fsp3) is 0.286. The number of ketones is 2. The molecule has 0 aliphatic carbocycles. The van der Waals surface area contributed by atoms with Crippen LogP contribution in [0.2, 0.25) is 0 Å². The number of fused-ring (bicyclic) bond motifs is 1. The topological polar surface area (TPSA) is 97.7 Å². The molecule has 1 unspecified atom stereocenters. The van der Waals surface area contributed by atoms with Crippen LogP contribution in [0.4, 0.5) is 0 Å². The summed E-state index contributed by atoms with van der Waals surface area (Å²) in [5.41, 5.74) is 0.660. The van der Waals surface area contributed by atoms with Gasteiger partial charge in [-0.2, -0.15) is 0 Å². The summed E-state index contributed by atoms with van der Waals surface area (Å²) in [6.45, 7) is 11.5. The molecule has 2 aromatic rings. The van der Waals surface area contributed by atoms with Crippen LogP contribution >= 0.6 is 0 Å². The first-order valence-corrected chi connectivity index (χ1v) is 11.1. The van der Waals surface area contributed by atoms with Crippen LogP contribution in [0.25, 0.3) is 10.8 Å². The smallest absolute Gasteiger partial charge is 0.339 e. The molecule has 0 amide bonds. The zero-order valence-electron chi connectivity index (χ0n) is 20.0. The molecule has 34 heavy (non-hydrogen) atoms. The van der Waals surface area contributed by atoms with Gasteiger partial charge in [-0.25, -0.2) is 9.59 Å². The molecule has 6 nitrogen and oxygen atoms in total. The Hall–Kier alpha value is -3.80. The molecule has 0 saturated heterocycles. The Morgan fingerprint density at radius 2 is 1.68 bits per heavy atom. The second-order valence-corrected chi connectivity index (χ2v) is 7.79. The average Bonchev–Trinajstić information content (AvgIpc) is 2.81. The predicted octanol–water partition coefficient (Wildman–Crippen LogP) is 5.86. The number of Topliss-reactive ketones (excluding diaryl/α,β-unsaturated/α-hetero) is 1. The molecular formula is C28H32O6. The van der Waals surface area contributed by atoms with E-state index in [0.29, 0.717) is 17.7 Å². The van der Waals surface area contributed by atoms with Gasteiger partial charge in [-0.15, -0.1) is 0 Å². The molecule has 0 fully saturated rings. The summed E-state index contributed by atoms with van der Waals surface area (Å²) < 4.78 is 5.67. The molecule has 0 aromatic heterocycles. The largest absolute Gasteiger partial charge is 0.478 e. The van der Waals surface area contributed by atoms with Gasteiger partial charge >= 0.3 is 11.9 Å². The normalized spacial score (nSPS) is 11.6. The molecule has 180 valence electrons. The highest BCUT2D eigenvalue weighted by Crippen LogP contribution is 2.26. The zero-order valence-corrected chi connectivity index (χ0v) is 20.0. The fourth-order valence-electron chi connectivity index (χ4n) is 2.99. The molecule has 0 saturated carbocycles. The Morgan fingerprint density at radius 1 is 1.06 bits per heavy atom. The number of carbonyl (C=O) groups is 4. The van der Waals surface area contributed by atoms with E-state index in [4.69, 9.17) is 9.84 Å². The first kappa shape index (κ1) is 28.2. The summed E-state index contributed by atoms with van der Waals surface area (Å²) in [7, 11) is 0. The minimum absolute atomic E-state index is 0.171. The number of hydrogen-bond donors (Lipinski definition) is 1. The SMILES string of the molecule is C=C(C)C(=O)O.C=CC(=O)C(CC=C(CCCC)C(=O)Oc1cccc2ccccc12)C(C)=O. The van der Waals surface area contributed by atoms with Gasteiger partial charge in [0, 0.05) is 16.5 Å². The predicted molar refractivity (Wildman–Crippen MR) is 134 cm³/mol. The van der Waals surface area contributed by atoms with E-state index in [-0.39, 0.29) is 23.6 Å². The van der Waals surface area contributed by atoms with Crippen molar-refractivity contribution < 1.29 is 29.0 Å². The zero-order chi connectivity index (χ0) is 25.7. The van der Waals surface area contributed by atoms with Gasteiger partial charge < -0.3 is 9.84 Å². The molecule has 2 rings (SSSR count). The van der Waals surface area contributed by atoms with E-state index in [1.165, 1.54) is 13.8 Å². The van der Waals surface area contributed by atoms with Crippen molar-refractivity contribution in [2.24, 2.45) is 5.92 Å². The van der Waals surface area contributed by atoms with Gasteiger partial charge in [0.15, 0.2) is 5.78 Å². The van der Waals surface area contributed by atoms with Crippen LogP contribution in [-0.4, -0.2) is 28.6 Å². The molecule has 0 aliphatic rings. The van der Waals surface area contributed by atoms with Crippen LogP contribution in [0.3, 0.4) is 0 Å². The highest BCUT2D eigenvalue weighted by atomic mass is 16.5. The molecule has 1 atom stereocenters. The highest BCUT2D eigenvalue weighted by Gasteiger charge is 2.21. The number of carboxylic acid groups (broad SMARTS) is 1. The Morgan fingerprint density at radius 3 is 2.24 bits per heavy atom. The van der Waals surface area contributed by atoms with Crippen molar-refractivity contribution in [3.8, 4) is 5.75 Å². The number of aliphatic carboxylic acids is 1. The van der Waals surface area contributed by atoms with Gasteiger partial charge in [0.2, 0.25) is 0 Å². The monoisotopic (exact) mass is 464 g/mol. The third-order valence-corrected chi connectivity index (χ3v) is 5.01. The molecule has 0 heterocycles. The Labute approximate surface area is 200 Å². The van der Waals surface area contributed by atoms with Crippen LogP contribution in [0, 0.1) is 5.92 Å². The van der Waals surface area contributed by atoms with Crippen molar-refractivity contribution in [2.45, 2.75) is 46.5 Å². The lowest BCUT2D eigenvalue weighted by Gasteiger charge is -2.12. The molecule has 2 aromatic carbocycles. The minimum Gasteiger partial charge on any atom is -0.478 e. The van der Waals surface area contributed by atoms with Gasteiger partial charge in [0.05, 0.1) is 5.92 Å². The van der Waals surface area contributed by atoms with E-state index in [0.717, 1.165) is 29.7 Å². The van der Waals surface area contributed by atoms with Crippen LogP contribution in [-0.2, 0) is 19.2 Å². The van der Waals surface area contributed by atoms with Crippen molar-refractivity contribution >= 4 is 34.3 Å².